The van der Waals surface area contributed by atoms with E-state index in [1.54, 1.807) is 12.1 Å². The normalized spacial score (nSPS) is 15.2. The lowest BCUT2D eigenvalue weighted by Gasteiger charge is -2.32. The molecule has 6 heteroatoms. The summed E-state index contributed by atoms with van der Waals surface area (Å²) in [7, 11) is 0. The van der Waals surface area contributed by atoms with Crippen molar-refractivity contribution >= 4 is 29.2 Å². The molecule has 0 saturated carbocycles. The lowest BCUT2D eigenvalue weighted by Crippen LogP contribution is -2.34. The molecule has 1 N–H and O–H groups in total. The van der Waals surface area contributed by atoms with E-state index >= 15 is 0 Å². The molecule has 1 fully saturated rings. The van der Waals surface area contributed by atoms with Gasteiger partial charge < -0.3 is 15.0 Å². The zero-order valence-corrected chi connectivity index (χ0v) is 20.2. The molecule has 1 atom stereocenters. The van der Waals surface area contributed by atoms with Crippen molar-refractivity contribution < 1.29 is 14.3 Å². The molecule has 1 aliphatic heterocycles. The Bertz CT molecular complexity index is 945. The van der Waals surface area contributed by atoms with Crippen LogP contribution in [-0.4, -0.2) is 37.1 Å². The Kier molecular flexibility index (Phi) is 7.83. The van der Waals surface area contributed by atoms with E-state index in [4.69, 9.17) is 16.3 Å². The number of hydrogen-bond acceptors (Lipinski definition) is 4. The SMILES string of the molecule is CCNC(=O)C(c1ccc(C(=O)OC(C)(C)C)cc1)c1cc(Cl)ccc1N1CCCCC1. The molecule has 172 valence electrons. The zero-order chi connectivity index (χ0) is 23.3. The van der Waals surface area contributed by atoms with Gasteiger partial charge in [-0.2, -0.15) is 0 Å². The largest absolute Gasteiger partial charge is 0.456 e. The maximum atomic E-state index is 13.2. The topological polar surface area (TPSA) is 58.6 Å². The van der Waals surface area contributed by atoms with Gasteiger partial charge in [0.15, 0.2) is 0 Å². The first-order valence-electron chi connectivity index (χ1n) is 11.3. The Hall–Kier alpha value is -2.53. The minimum atomic E-state index is -0.566. The van der Waals surface area contributed by atoms with Crippen molar-refractivity contribution in [2.45, 2.75) is 58.5 Å². The van der Waals surface area contributed by atoms with Gasteiger partial charge in [0, 0.05) is 30.3 Å². The lowest BCUT2D eigenvalue weighted by atomic mass is 9.88. The van der Waals surface area contributed by atoms with E-state index in [1.807, 2.05) is 58.0 Å². The molecule has 5 nitrogen and oxygen atoms in total. The van der Waals surface area contributed by atoms with E-state index in [1.165, 1.54) is 6.42 Å². The molecule has 3 rings (SSSR count). The van der Waals surface area contributed by atoms with Crippen LogP contribution in [0.1, 0.15) is 74.4 Å². The Balaban J connectivity index is 2.00. The second kappa shape index (κ2) is 10.4. The molecular formula is C26H33ClN2O3. The first-order chi connectivity index (χ1) is 15.2. The highest BCUT2D eigenvalue weighted by molar-refractivity contribution is 6.30. The third-order valence-corrected chi connectivity index (χ3v) is 5.72. The number of ether oxygens (including phenoxy) is 1. The molecule has 0 radical (unpaired) electrons. The second-order valence-electron chi connectivity index (χ2n) is 9.20. The third kappa shape index (κ3) is 6.04. The van der Waals surface area contributed by atoms with Gasteiger partial charge in [-0.05, 0) is 88.4 Å². The quantitative estimate of drug-likeness (QED) is 0.578. The Labute approximate surface area is 196 Å². The zero-order valence-electron chi connectivity index (χ0n) is 19.4. The average Bonchev–Trinajstić information content (AvgIpc) is 2.74. The van der Waals surface area contributed by atoms with Crippen LogP contribution in [-0.2, 0) is 9.53 Å². The standard InChI is InChI=1S/C26H33ClN2O3/c1-5-28-24(30)23(18-9-11-19(12-10-18)25(31)32-26(2,3)4)21-17-20(27)13-14-22(21)29-15-7-6-8-16-29/h9-14,17,23H,5-8,15-16H2,1-4H3,(H,28,30). The molecule has 1 saturated heterocycles. The van der Waals surface area contributed by atoms with Gasteiger partial charge in [0.25, 0.3) is 0 Å². The summed E-state index contributed by atoms with van der Waals surface area (Å²) in [6.07, 6.45) is 3.50. The van der Waals surface area contributed by atoms with E-state index < -0.39 is 11.5 Å². The number of nitrogens with one attached hydrogen (secondary N) is 1. The number of carbonyl (C=O) groups is 2. The van der Waals surface area contributed by atoms with Crippen LogP contribution >= 0.6 is 11.6 Å². The first-order valence-corrected chi connectivity index (χ1v) is 11.7. The predicted octanol–water partition coefficient (Wildman–Crippen LogP) is 5.55. The summed E-state index contributed by atoms with van der Waals surface area (Å²) in [5.74, 6) is -0.994. The van der Waals surface area contributed by atoms with Crippen molar-refractivity contribution in [3.63, 3.8) is 0 Å². The van der Waals surface area contributed by atoms with Gasteiger partial charge >= 0.3 is 5.97 Å². The third-order valence-electron chi connectivity index (χ3n) is 5.49. The van der Waals surface area contributed by atoms with Crippen LogP contribution in [0, 0.1) is 0 Å². The number of rotatable bonds is 6. The number of piperidine rings is 1. The molecule has 1 amide bonds. The average molecular weight is 457 g/mol. The van der Waals surface area contributed by atoms with E-state index in [0.29, 0.717) is 17.1 Å². The van der Waals surface area contributed by atoms with Crippen LogP contribution in [0.5, 0.6) is 0 Å². The molecule has 0 aliphatic carbocycles. The van der Waals surface area contributed by atoms with Gasteiger partial charge in [-0.25, -0.2) is 4.79 Å². The molecule has 1 unspecified atom stereocenters. The van der Waals surface area contributed by atoms with Crippen LogP contribution in [0.25, 0.3) is 0 Å². The highest BCUT2D eigenvalue weighted by Gasteiger charge is 2.28. The maximum absolute atomic E-state index is 13.2. The fourth-order valence-corrected chi connectivity index (χ4v) is 4.26. The molecule has 1 aliphatic rings. The summed E-state index contributed by atoms with van der Waals surface area (Å²) >= 11 is 6.39. The van der Waals surface area contributed by atoms with Gasteiger partial charge in [-0.15, -0.1) is 0 Å². The fourth-order valence-electron chi connectivity index (χ4n) is 4.08. The Morgan fingerprint density at radius 2 is 1.72 bits per heavy atom. The number of benzene rings is 2. The molecule has 32 heavy (non-hydrogen) atoms. The summed E-state index contributed by atoms with van der Waals surface area (Å²) in [5, 5.41) is 3.57. The highest BCUT2D eigenvalue weighted by Crippen LogP contribution is 2.36. The molecule has 2 aromatic carbocycles. The van der Waals surface area contributed by atoms with Crippen molar-refractivity contribution in [1.82, 2.24) is 5.32 Å². The number of likely N-dealkylation sites (N-methyl/N-ethyl adjacent to an activating group) is 1. The fraction of sp³-hybridized carbons (Fsp3) is 0.462. The summed E-state index contributed by atoms with van der Waals surface area (Å²) < 4.78 is 5.47. The number of halogens is 1. The summed E-state index contributed by atoms with van der Waals surface area (Å²) in [5.41, 5.74) is 2.63. The summed E-state index contributed by atoms with van der Waals surface area (Å²) in [6, 6.07) is 12.9. The number of nitrogens with zero attached hydrogens (tertiary/aromatic N) is 1. The van der Waals surface area contributed by atoms with Crippen LogP contribution in [0.3, 0.4) is 0 Å². The van der Waals surface area contributed by atoms with E-state index in [-0.39, 0.29) is 11.9 Å². The van der Waals surface area contributed by atoms with Crippen molar-refractivity contribution in [2.75, 3.05) is 24.5 Å². The van der Waals surface area contributed by atoms with Gasteiger partial charge in [0.2, 0.25) is 5.91 Å². The van der Waals surface area contributed by atoms with Crippen molar-refractivity contribution in [3.05, 3.63) is 64.2 Å². The Morgan fingerprint density at radius 1 is 1.06 bits per heavy atom. The first kappa shape index (κ1) is 24.1. The molecule has 0 bridgehead atoms. The van der Waals surface area contributed by atoms with Crippen LogP contribution in [0.4, 0.5) is 5.69 Å². The highest BCUT2D eigenvalue weighted by atomic mass is 35.5. The predicted molar refractivity (Wildman–Crippen MR) is 130 cm³/mol. The van der Waals surface area contributed by atoms with Crippen molar-refractivity contribution in [3.8, 4) is 0 Å². The number of carbonyl (C=O) groups excluding carboxylic acids is 2. The lowest BCUT2D eigenvalue weighted by molar-refractivity contribution is -0.121. The molecular weight excluding hydrogens is 424 g/mol. The van der Waals surface area contributed by atoms with Gasteiger partial charge in [-0.1, -0.05) is 23.7 Å². The minimum Gasteiger partial charge on any atom is -0.456 e. The maximum Gasteiger partial charge on any atom is 0.338 e. The van der Waals surface area contributed by atoms with Crippen LogP contribution in [0.15, 0.2) is 42.5 Å². The van der Waals surface area contributed by atoms with Crippen molar-refractivity contribution in [1.29, 1.82) is 0 Å². The van der Waals surface area contributed by atoms with E-state index in [9.17, 15) is 9.59 Å². The van der Waals surface area contributed by atoms with Gasteiger partial charge in [0.05, 0.1) is 11.5 Å². The summed E-state index contributed by atoms with van der Waals surface area (Å²) in [6.45, 7) is 9.89. The number of anilines is 1. The smallest absolute Gasteiger partial charge is 0.338 e. The monoisotopic (exact) mass is 456 g/mol. The Morgan fingerprint density at radius 3 is 2.31 bits per heavy atom. The van der Waals surface area contributed by atoms with E-state index in [0.717, 1.165) is 42.7 Å². The molecule has 0 aromatic heterocycles. The number of esters is 1. The molecule has 0 spiro atoms. The summed E-state index contributed by atoms with van der Waals surface area (Å²) in [4.78, 5) is 28.0. The van der Waals surface area contributed by atoms with Crippen LogP contribution < -0.4 is 10.2 Å². The molecule has 1 heterocycles. The van der Waals surface area contributed by atoms with Crippen LogP contribution in [0.2, 0.25) is 5.02 Å². The minimum absolute atomic E-state index is 0.0851. The van der Waals surface area contributed by atoms with E-state index in [2.05, 4.69) is 10.2 Å². The molecule has 2 aromatic rings. The second-order valence-corrected chi connectivity index (χ2v) is 9.64. The van der Waals surface area contributed by atoms with Gasteiger partial charge in [0.1, 0.15) is 5.60 Å². The number of hydrogen-bond donors (Lipinski definition) is 1. The van der Waals surface area contributed by atoms with Crippen molar-refractivity contribution in [2.24, 2.45) is 0 Å². The van der Waals surface area contributed by atoms with Gasteiger partial charge in [-0.3, -0.25) is 4.79 Å². The number of amides is 1.